The van der Waals surface area contributed by atoms with Gasteiger partial charge in [0.2, 0.25) is 0 Å². The number of benzene rings is 1. The molecule has 1 aliphatic heterocycles. The number of rotatable bonds is 2. The van der Waals surface area contributed by atoms with Gasteiger partial charge in [0.05, 0.1) is 0 Å². The Balaban J connectivity index is 2.37. The molecule has 0 saturated carbocycles. The molecule has 0 aromatic heterocycles. The van der Waals surface area contributed by atoms with Crippen LogP contribution in [0.4, 0.5) is 0 Å². The smallest absolute Gasteiger partial charge is 0.120 e. The largest absolute Gasteiger partial charge is 0.508 e. The summed E-state index contributed by atoms with van der Waals surface area (Å²) in [5.74, 6) is 0.965. The molecule has 1 aliphatic rings. The Morgan fingerprint density at radius 2 is 2.12 bits per heavy atom. The molecule has 17 heavy (non-hydrogen) atoms. The zero-order valence-corrected chi connectivity index (χ0v) is 10.9. The monoisotopic (exact) mass is 234 g/mol. The molecule has 1 aromatic carbocycles. The van der Waals surface area contributed by atoms with Crippen LogP contribution in [0.15, 0.2) is 12.1 Å². The molecule has 0 amide bonds. The van der Waals surface area contributed by atoms with Gasteiger partial charge >= 0.3 is 0 Å². The molecule has 2 rings (SSSR count). The highest BCUT2D eigenvalue weighted by Gasteiger charge is 2.32. The van der Waals surface area contributed by atoms with Crippen LogP contribution in [-0.2, 0) is 0 Å². The van der Waals surface area contributed by atoms with Crippen LogP contribution in [0.5, 0.6) is 5.75 Å². The molecule has 1 heterocycles. The zero-order chi connectivity index (χ0) is 12.6. The summed E-state index contributed by atoms with van der Waals surface area (Å²) < 4.78 is 0. The van der Waals surface area contributed by atoms with Crippen LogP contribution < -0.4 is 5.73 Å². The van der Waals surface area contributed by atoms with Crippen LogP contribution >= 0.6 is 0 Å². The highest BCUT2D eigenvalue weighted by Crippen LogP contribution is 2.40. The summed E-state index contributed by atoms with van der Waals surface area (Å²) in [5.41, 5.74) is 9.29. The second-order valence-electron chi connectivity index (χ2n) is 5.23. The van der Waals surface area contributed by atoms with Gasteiger partial charge in [0.1, 0.15) is 5.75 Å². The molecular weight excluding hydrogens is 212 g/mol. The van der Waals surface area contributed by atoms with Crippen molar-refractivity contribution in [1.29, 1.82) is 0 Å². The van der Waals surface area contributed by atoms with E-state index < -0.39 is 0 Å². The minimum absolute atomic E-state index is 0.309. The number of likely N-dealkylation sites (tertiary alicyclic amines) is 1. The summed E-state index contributed by atoms with van der Waals surface area (Å²) in [6, 6.07) is 4.09. The Kier molecular flexibility index (Phi) is 3.40. The van der Waals surface area contributed by atoms with Crippen LogP contribution in [0.3, 0.4) is 0 Å². The minimum Gasteiger partial charge on any atom is -0.508 e. The topological polar surface area (TPSA) is 49.5 Å². The lowest BCUT2D eigenvalue weighted by Gasteiger charge is -2.23. The Morgan fingerprint density at radius 1 is 1.41 bits per heavy atom. The molecular formula is C14H22N2O. The minimum atomic E-state index is 0.309. The van der Waals surface area contributed by atoms with E-state index in [-0.39, 0.29) is 0 Å². The van der Waals surface area contributed by atoms with Gasteiger partial charge in [-0.05, 0) is 57.0 Å². The van der Waals surface area contributed by atoms with E-state index in [1.807, 2.05) is 6.07 Å². The highest BCUT2D eigenvalue weighted by molar-refractivity contribution is 5.45. The summed E-state index contributed by atoms with van der Waals surface area (Å²) in [6.07, 6.45) is 1.05. The SMILES string of the molecule is Cc1ccc(O)c(C2CC(CN)CN2C)c1C. The lowest BCUT2D eigenvalue weighted by Crippen LogP contribution is -2.21. The van der Waals surface area contributed by atoms with E-state index in [0.29, 0.717) is 17.7 Å². The number of phenols is 1. The summed E-state index contributed by atoms with van der Waals surface area (Å²) in [7, 11) is 2.11. The number of nitrogens with two attached hydrogens (primary N) is 1. The van der Waals surface area contributed by atoms with Crippen molar-refractivity contribution in [3.05, 3.63) is 28.8 Å². The molecule has 3 N–H and O–H groups in total. The predicted molar refractivity (Wildman–Crippen MR) is 70.1 cm³/mol. The molecule has 3 heteroatoms. The van der Waals surface area contributed by atoms with Crippen LogP contribution in [0.1, 0.15) is 29.2 Å². The second-order valence-corrected chi connectivity index (χ2v) is 5.23. The normalized spacial score (nSPS) is 25.4. The van der Waals surface area contributed by atoms with Crippen molar-refractivity contribution in [2.24, 2.45) is 11.7 Å². The first-order valence-electron chi connectivity index (χ1n) is 6.24. The van der Waals surface area contributed by atoms with Gasteiger partial charge < -0.3 is 10.8 Å². The molecule has 1 fully saturated rings. The van der Waals surface area contributed by atoms with E-state index in [9.17, 15) is 5.11 Å². The van der Waals surface area contributed by atoms with Gasteiger partial charge in [-0.2, -0.15) is 0 Å². The van der Waals surface area contributed by atoms with E-state index in [2.05, 4.69) is 25.8 Å². The van der Waals surface area contributed by atoms with Crippen LogP contribution in [-0.4, -0.2) is 30.1 Å². The number of hydrogen-bond donors (Lipinski definition) is 2. The standard InChI is InChI=1S/C14H22N2O/c1-9-4-5-13(17)14(10(9)2)12-6-11(7-15)8-16(12)3/h4-5,11-12,17H,6-8,15H2,1-3H3. The van der Waals surface area contributed by atoms with E-state index in [1.165, 1.54) is 11.1 Å². The average Bonchev–Trinajstić information content (AvgIpc) is 2.66. The Labute approximate surface area is 103 Å². The van der Waals surface area contributed by atoms with Gasteiger partial charge in [0.15, 0.2) is 0 Å². The van der Waals surface area contributed by atoms with Gasteiger partial charge in [-0.15, -0.1) is 0 Å². The van der Waals surface area contributed by atoms with Crippen molar-refractivity contribution in [2.45, 2.75) is 26.3 Å². The van der Waals surface area contributed by atoms with Gasteiger partial charge in [-0.1, -0.05) is 6.07 Å². The van der Waals surface area contributed by atoms with Crippen LogP contribution in [0.2, 0.25) is 0 Å². The van der Waals surface area contributed by atoms with Crippen molar-refractivity contribution in [1.82, 2.24) is 4.90 Å². The summed E-state index contributed by atoms with van der Waals surface area (Å²) in [6.45, 7) is 5.93. The third-order valence-corrected chi connectivity index (χ3v) is 4.06. The maximum Gasteiger partial charge on any atom is 0.120 e. The number of aromatic hydroxyl groups is 1. The third kappa shape index (κ3) is 2.17. The Hall–Kier alpha value is -1.06. The van der Waals surface area contributed by atoms with Crippen molar-refractivity contribution in [3.63, 3.8) is 0 Å². The fraction of sp³-hybridized carbons (Fsp3) is 0.571. The van der Waals surface area contributed by atoms with Crippen molar-refractivity contribution in [3.8, 4) is 5.75 Å². The number of nitrogens with zero attached hydrogens (tertiary/aromatic N) is 1. The predicted octanol–water partition coefficient (Wildman–Crippen LogP) is 1.96. The average molecular weight is 234 g/mol. The maximum absolute atomic E-state index is 10.1. The van der Waals surface area contributed by atoms with E-state index in [0.717, 1.165) is 25.1 Å². The lowest BCUT2D eigenvalue weighted by atomic mass is 9.93. The number of aryl methyl sites for hydroxylation is 1. The lowest BCUT2D eigenvalue weighted by molar-refractivity contribution is 0.304. The molecule has 3 nitrogen and oxygen atoms in total. The Morgan fingerprint density at radius 3 is 2.71 bits per heavy atom. The molecule has 1 saturated heterocycles. The van der Waals surface area contributed by atoms with Gasteiger partial charge in [-0.3, -0.25) is 4.90 Å². The molecule has 2 unspecified atom stereocenters. The van der Waals surface area contributed by atoms with E-state index in [4.69, 9.17) is 5.73 Å². The maximum atomic E-state index is 10.1. The van der Waals surface area contributed by atoms with Crippen molar-refractivity contribution < 1.29 is 5.11 Å². The van der Waals surface area contributed by atoms with E-state index in [1.54, 1.807) is 6.07 Å². The molecule has 1 aromatic rings. The molecule has 94 valence electrons. The highest BCUT2D eigenvalue weighted by atomic mass is 16.3. The van der Waals surface area contributed by atoms with Crippen LogP contribution in [0, 0.1) is 19.8 Å². The second kappa shape index (κ2) is 4.67. The first-order chi connectivity index (χ1) is 8.04. The first-order valence-corrected chi connectivity index (χ1v) is 6.24. The van der Waals surface area contributed by atoms with Gasteiger partial charge in [-0.25, -0.2) is 0 Å². The molecule has 0 spiro atoms. The zero-order valence-electron chi connectivity index (χ0n) is 10.9. The molecule has 0 radical (unpaired) electrons. The number of hydrogen-bond acceptors (Lipinski definition) is 3. The van der Waals surface area contributed by atoms with Gasteiger partial charge in [0.25, 0.3) is 0 Å². The fourth-order valence-corrected chi connectivity index (χ4v) is 2.86. The van der Waals surface area contributed by atoms with Gasteiger partial charge in [0, 0.05) is 18.2 Å². The van der Waals surface area contributed by atoms with E-state index >= 15 is 0 Å². The third-order valence-electron chi connectivity index (χ3n) is 4.06. The summed E-state index contributed by atoms with van der Waals surface area (Å²) >= 11 is 0. The number of phenolic OH excluding ortho intramolecular Hbond substituents is 1. The van der Waals surface area contributed by atoms with Crippen LogP contribution in [0.25, 0.3) is 0 Å². The van der Waals surface area contributed by atoms with Crippen molar-refractivity contribution >= 4 is 0 Å². The van der Waals surface area contributed by atoms with Crippen molar-refractivity contribution in [2.75, 3.05) is 20.1 Å². The fourth-order valence-electron chi connectivity index (χ4n) is 2.86. The quantitative estimate of drug-likeness (QED) is 0.822. The molecule has 2 atom stereocenters. The summed E-state index contributed by atoms with van der Waals surface area (Å²) in [4.78, 5) is 2.30. The Bertz CT molecular complexity index is 417. The molecule has 0 aliphatic carbocycles. The first kappa shape index (κ1) is 12.4. The molecule has 0 bridgehead atoms. The summed E-state index contributed by atoms with van der Waals surface area (Å²) in [5, 5.41) is 10.1.